The van der Waals surface area contributed by atoms with E-state index in [1.54, 1.807) is 0 Å². The summed E-state index contributed by atoms with van der Waals surface area (Å²) in [5, 5.41) is 0. The van der Waals surface area contributed by atoms with E-state index in [0.29, 0.717) is 17.8 Å². The molecule has 1 saturated heterocycles. The van der Waals surface area contributed by atoms with Gasteiger partial charge in [0.05, 0.1) is 5.57 Å². The molecule has 0 spiro atoms. The third kappa shape index (κ3) is 3.97. The van der Waals surface area contributed by atoms with Gasteiger partial charge in [0.25, 0.3) is 11.8 Å². The van der Waals surface area contributed by atoms with E-state index in [4.69, 9.17) is 0 Å². The van der Waals surface area contributed by atoms with Gasteiger partial charge >= 0.3 is 0 Å². The van der Waals surface area contributed by atoms with Crippen LogP contribution in [0.25, 0.3) is 5.57 Å². The molecule has 2 aromatic carbocycles. The van der Waals surface area contributed by atoms with Crippen molar-refractivity contribution in [2.24, 2.45) is 0 Å². The first-order valence-electron chi connectivity index (χ1n) is 11.2. The number of carbonyl (C=O) groups is 2. The second-order valence-corrected chi connectivity index (χ2v) is 8.60. The average molecular weight is 418 g/mol. The highest BCUT2D eigenvalue weighted by molar-refractivity contribution is 6.35. The summed E-state index contributed by atoms with van der Waals surface area (Å²) in [6, 6.07) is 14.6. The summed E-state index contributed by atoms with van der Waals surface area (Å²) in [6.07, 6.45) is 0.756. The van der Waals surface area contributed by atoms with Crippen molar-refractivity contribution in [3.8, 4) is 0 Å². The zero-order chi connectivity index (χ0) is 22.1. The Morgan fingerprint density at radius 2 is 1.52 bits per heavy atom. The van der Waals surface area contributed by atoms with Crippen LogP contribution in [0.1, 0.15) is 35.6 Å². The summed E-state index contributed by atoms with van der Waals surface area (Å²) in [5.74, 6) is -0.310. The van der Waals surface area contributed by atoms with Crippen molar-refractivity contribution in [2.45, 2.75) is 34.1 Å². The van der Waals surface area contributed by atoms with Crippen LogP contribution in [0.2, 0.25) is 0 Å². The number of nitrogens with zero attached hydrogens (tertiary/aromatic N) is 3. The summed E-state index contributed by atoms with van der Waals surface area (Å²) >= 11 is 0. The van der Waals surface area contributed by atoms with Gasteiger partial charge in [0.2, 0.25) is 0 Å². The second-order valence-electron chi connectivity index (χ2n) is 8.60. The smallest absolute Gasteiger partial charge is 0.277 e. The number of benzene rings is 2. The van der Waals surface area contributed by atoms with Gasteiger partial charge in [-0.15, -0.1) is 0 Å². The first-order valence-corrected chi connectivity index (χ1v) is 11.2. The van der Waals surface area contributed by atoms with Crippen molar-refractivity contribution in [3.63, 3.8) is 0 Å². The van der Waals surface area contributed by atoms with Gasteiger partial charge in [0.15, 0.2) is 0 Å². The predicted molar refractivity (Wildman–Crippen MR) is 125 cm³/mol. The third-order valence-corrected chi connectivity index (χ3v) is 6.35. The predicted octanol–water partition coefficient (Wildman–Crippen LogP) is 3.92. The molecule has 0 N–H and O–H groups in total. The lowest BCUT2D eigenvalue weighted by molar-refractivity contribution is -0.137. The molecule has 5 nitrogen and oxygen atoms in total. The summed E-state index contributed by atoms with van der Waals surface area (Å²) in [5.41, 5.74) is 6.74. The molecule has 0 saturated carbocycles. The van der Waals surface area contributed by atoms with Crippen molar-refractivity contribution in [1.29, 1.82) is 0 Å². The van der Waals surface area contributed by atoms with Gasteiger partial charge in [-0.3, -0.25) is 14.5 Å². The van der Waals surface area contributed by atoms with E-state index in [9.17, 15) is 9.59 Å². The first-order chi connectivity index (χ1) is 14.9. The number of rotatable bonds is 5. The molecule has 1 fully saturated rings. The van der Waals surface area contributed by atoms with Gasteiger partial charge in [-0.1, -0.05) is 37.3 Å². The van der Waals surface area contributed by atoms with Crippen LogP contribution in [0.3, 0.4) is 0 Å². The molecule has 0 unspecified atom stereocenters. The fraction of sp³-hybridized carbons (Fsp3) is 0.385. The summed E-state index contributed by atoms with van der Waals surface area (Å²) in [7, 11) is 0. The van der Waals surface area contributed by atoms with Crippen molar-refractivity contribution in [1.82, 2.24) is 9.80 Å². The van der Waals surface area contributed by atoms with E-state index in [1.807, 2.05) is 32.0 Å². The van der Waals surface area contributed by atoms with Crippen LogP contribution >= 0.6 is 0 Å². The second kappa shape index (κ2) is 8.58. The molecule has 0 aromatic heterocycles. The lowest BCUT2D eigenvalue weighted by Crippen LogP contribution is -2.47. The highest BCUT2D eigenvalue weighted by Gasteiger charge is 2.41. The van der Waals surface area contributed by atoms with Crippen LogP contribution in [0.4, 0.5) is 5.69 Å². The molecule has 2 heterocycles. The molecule has 0 bridgehead atoms. The Labute approximate surface area is 184 Å². The van der Waals surface area contributed by atoms with E-state index < -0.39 is 0 Å². The van der Waals surface area contributed by atoms with Gasteiger partial charge in [0.1, 0.15) is 5.70 Å². The Morgan fingerprint density at radius 1 is 0.806 bits per heavy atom. The summed E-state index contributed by atoms with van der Waals surface area (Å²) in [4.78, 5) is 32.5. The minimum absolute atomic E-state index is 0.149. The van der Waals surface area contributed by atoms with Crippen LogP contribution in [-0.4, -0.2) is 54.3 Å². The molecule has 2 aliphatic heterocycles. The van der Waals surface area contributed by atoms with Crippen molar-refractivity contribution < 1.29 is 9.59 Å². The molecule has 5 heteroatoms. The molecular formula is C26H31N3O2. The van der Waals surface area contributed by atoms with Crippen LogP contribution in [-0.2, 0) is 9.59 Å². The zero-order valence-corrected chi connectivity index (χ0v) is 18.9. The van der Waals surface area contributed by atoms with Crippen LogP contribution in [0.5, 0.6) is 0 Å². The maximum Gasteiger partial charge on any atom is 0.277 e. The Morgan fingerprint density at radius 3 is 2.16 bits per heavy atom. The Hall–Kier alpha value is -3.08. The molecule has 162 valence electrons. The number of amides is 2. The summed E-state index contributed by atoms with van der Waals surface area (Å²) < 4.78 is 0. The van der Waals surface area contributed by atoms with Gasteiger partial charge in [-0.2, -0.15) is 0 Å². The van der Waals surface area contributed by atoms with Crippen molar-refractivity contribution in [3.05, 3.63) is 70.4 Å². The van der Waals surface area contributed by atoms with E-state index in [0.717, 1.165) is 43.7 Å². The van der Waals surface area contributed by atoms with E-state index >= 15 is 0 Å². The quantitative estimate of drug-likeness (QED) is 0.692. The number of hydrogen-bond donors (Lipinski definition) is 0. The van der Waals surface area contributed by atoms with E-state index in [1.165, 1.54) is 21.7 Å². The number of hydrogen-bond acceptors (Lipinski definition) is 4. The Kier molecular flexibility index (Phi) is 5.86. The fourth-order valence-corrected chi connectivity index (χ4v) is 4.45. The van der Waals surface area contributed by atoms with Crippen LogP contribution < -0.4 is 4.90 Å². The fourth-order valence-electron chi connectivity index (χ4n) is 4.45. The number of imide groups is 1. The van der Waals surface area contributed by atoms with Crippen molar-refractivity contribution >= 4 is 23.1 Å². The molecule has 0 atom stereocenters. The van der Waals surface area contributed by atoms with Crippen LogP contribution in [0, 0.1) is 20.8 Å². The molecule has 4 rings (SSSR count). The minimum atomic E-state index is -0.161. The molecule has 0 radical (unpaired) electrons. The largest absolute Gasteiger partial charge is 0.368 e. The number of carbonyl (C=O) groups excluding carboxylic acids is 2. The molecule has 31 heavy (non-hydrogen) atoms. The molecule has 2 aliphatic rings. The zero-order valence-electron chi connectivity index (χ0n) is 18.9. The third-order valence-electron chi connectivity index (χ3n) is 6.35. The Bertz CT molecular complexity index is 1050. The molecule has 2 aromatic rings. The highest BCUT2D eigenvalue weighted by atomic mass is 16.2. The van der Waals surface area contributed by atoms with E-state index in [-0.39, 0.29) is 11.8 Å². The topological polar surface area (TPSA) is 43.9 Å². The first kappa shape index (κ1) is 21.2. The molecular weight excluding hydrogens is 386 g/mol. The van der Waals surface area contributed by atoms with Crippen molar-refractivity contribution in [2.75, 3.05) is 37.6 Å². The monoisotopic (exact) mass is 417 g/mol. The number of piperazine rings is 1. The normalized spacial score (nSPS) is 17.2. The van der Waals surface area contributed by atoms with E-state index in [2.05, 4.69) is 47.9 Å². The Balaban J connectivity index is 1.65. The highest BCUT2D eigenvalue weighted by Crippen LogP contribution is 2.33. The van der Waals surface area contributed by atoms with Gasteiger partial charge < -0.3 is 9.80 Å². The standard InChI is InChI=1S/C26H31N3O2/c1-5-11-29-25(30)23(21-10-9-19(3)20(4)17-21)24(26(29)31)28-14-12-27(13-15-28)22-8-6-7-18(2)16-22/h6-10,16-17H,5,11-15H2,1-4H3. The van der Waals surface area contributed by atoms with Crippen LogP contribution in [0.15, 0.2) is 48.2 Å². The maximum absolute atomic E-state index is 13.3. The SMILES string of the molecule is CCCN1C(=O)C(c2ccc(C)c(C)c2)=C(N2CCN(c3cccc(C)c3)CC2)C1=O. The molecule has 0 aliphatic carbocycles. The van der Waals surface area contributed by atoms with Gasteiger partial charge in [-0.25, -0.2) is 0 Å². The van der Waals surface area contributed by atoms with Gasteiger partial charge in [-0.05, 0) is 61.6 Å². The number of anilines is 1. The minimum Gasteiger partial charge on any atom is -0.368 e. The van der Waals surface area contributed by atoms with Gasteiger partial charge in [0, 0.05) is 38.4 Å². The lowest BCUT2D eigenvalue weighted by atomic mass is 9.99. The molecule has 2 amide bonds. The maximum atomic E-state index is 13.3. The average Bonchev–Trinajstić information content (AvgIpc) is 3.01. The number of aryl methyl sites for hydroxylation is 3. The summed E-state index contributed by atoms with van der Waals surface area (Å²) in [6.45, 7) is 11.7. The lowest BCUT2D eigenvalue weighted by Gasteiger charge is -2.37.